The molecule has 0 aliphatic heterocycles. The van der Waals surface area contributed by atoms with Crippen LogP contribution in [0, 0.1) is 5.92 Å². The summed E-state index contributed by atoms with van der Waals surface area (Å²) in [6, 6.07) is 2.05. The molecule has 3 N–H and O–H groups in total. The van der Waals surface area contributed by atoms with E-state index in [0.29, 0.717) is 5.92 Å². The fourth-order valence-electron chi connectivity index (χ4n) is 1.59. The number of anilines is 1. The number of nitrogens with two attached hydrogens (primary N) is 1. The predicted molar refractivity (Wildman–Crippen MR) is 68.7 cm³/mol. The molecule has 16 heavy (non-hydrogen) atoms. The Morgan fingerprint density at radius 1 is 1.50 bits per heavy atom. The standard InChI is InChI=1S/C11H16N4S/c1-8(2-4-12)6-13-10-9-3-5-16-11(9)15-7-14-10/h3,5,7-8H,2,4,6,12H2,1H3,(H,13,14,15). The van der Waals surface area contributed by atoms with Crippen molar-refractivity contribution in [2.24, 2.45) is 11.7 Å². The van der Waals surface area contributed by atoms with Crippen LogP contribution in [0.25, 0.3) is 10.2 Å². The van der Waals surface area contributed by atoms with Gasteiger partial charge < -0.3 is 11.1 Å². The van der Waals surface area contributed by atoms with Crippen molar-refractivity contribution < 1.29 is 0 Å². The second kappa shape index (κ2) is 5.23. The first-order valence-electron chi connectivity index (χ1n) is 5.43. The van der Waals surface area contributed by atoms with Gasteiger partial charge in [0.25, 0.3) is 0 Å². The molecule has 0 amide bonds. The lowest BCUT2D eigenvalue weighted by atomic mass is 10.1. The Kier molecular flexibility index (Phi) is 3.69. The average Bonchev–Trinajstić information content (AvgIpc) is 2.75. The highest BCUT2D eigenvalue weighted by Gasteiger charge is 2.06. The lowest BCUT2D eigenvalue weighted by molar-refractivity contribution is 0.568. The molecular formula is C11H16N4S. The van der Waals surface area contributed by atoms with Gasteiger partial charge in [0.15, 0.2) is 0 Å². The molecule has 0 spiro atoms. The summed E-state index contributed by atoms with van der Waals surface area (Å²) in [5.41, 5.74) is 5.52. The van der Waals surface area contributed by atoms with Crippen LogP contribution in [-0.4, -0.2) is 23.1 Å². The van der Waals surface area contributed by atoms with E-state index in [1.807, 2.05) is 5.38 Å². The van der Waals surface area contributed by atoms with E-state index in [1.165, 1.54) is 0 Å². The maximum Gasteiger partial charge on any atom is 0.138 e. The molecular weight excluding hydrogens is 220 g/mol. The maximum atomic E-state index is 5.52. The van der Waals surface area contributed by atoms with Gasteiger partial charge in [-0.15, -0.1) is 11.3 Å². The van der Waals surface area contributed by atoms with Gasteiger partial charge in [-0.3, -0.25) is 0 Å². The maximum absolute atomic E-state index is 5.52. The summed E-state index contributed by atoms with van der Waals surface area (Å²) >= 11 is 1.63. The van der Waals surface area contributed by atoms with Gasteiger partial charge in [-0.25, -0.2) is 9.97 Å². The molecule has 0 bridgehead atoms. The van der Waals surface area contributed by atoms with Crippen LogP contribution in [0.5, 0.6) is 0 Å². The summed E-state index contributed by atoms with van der Waals surface area (Å²) in [6.07, 6.45) is 2.64. The van der Waals surface area contributed by atoms with Gasteiger partial charge >= 0.3 is 0 Å². The zero-order chi connectivity index (χ0) is 11.4. The highest BCUT2D eigenvalue weighted by Crippen LogP contribution is 2.23. The fourth-order valence-corrected chi connectivity index (χ4v) is 2.32. The first kappa shape index (κ1) is 11.3. The Morgan fingerprint density at radius 3 is 3.19 bits per heavy atom. The molecule has 0 saturated carbocycles. The summed E-state index contributed by atoms with van der Waals surface area (Å²) in [5.74, 6) is 1.49. The number of hydrogen-bond donors (Lipinski definition) is 2. The average molecular weight is 236 g/mol. The zero-order valence-corrected chi connectivity index (χ0v) is 10.1. The molecule has 5 heteroatoms. The van der Waals surface area contributed by atoms with Crippen molar-refractivity contribution in [2.45, 2.75) is 13.3 Å². The third kappa shape index (κ3) is 2.48. The molecule has 2 aromatic rings. The molecule has 0 fully saturated rings. The van der Waals surface area contributed by atoms with E-state index in [4.69, 9.17) is 5.73 Å². The quantitative estimate of drug-likeness (QED) is 0.834. The first-order valence-corrected chi connectivity index (χ1v) is 6.31. The molecule has 4 nitrogen and oxygen atoms in total. The van der Waals surface area contributed by atoms with Gasteiger partial charge in [0.2, 0.25) is 0 Å². The molecule has 2 heterocycles. The SMILES string of the molecule is CC(CCN)CNc1ncnc2sccc12. The number of aromatic nitrogens is 2. The molecule has 2 rings (SSSR count). The van der Waals surface area contributed by atoms with Crippen LogP contribution in [0.15, 0.2) is 17.8 Å². The summed E-state index contributed by atoms with van der Waals surface area (Å²) in [4.78, 5) is 9.51. The number of fused-ring (bicyclic) bond motifs is 1. The fraction of sp³-hybridized carbons (Fsp3) is 0.455. The minimum atomic E-state index is 0.564. The van der Waals surface area contributed by atoms with Crippen LogP contribution in [0.2, 0.25) is 0 Å². The molecule has 0 aliphatic carbocycles. The molecule has 0 aromatic carbocycles. The molecule has 86 valence electrons. The van der Waals surface area contributed by atoms with Crippen molar-refractivity contribution in [3.05, 3.63) is 17.8 Å². The lowest BCUT2D eigenvalue weighted by Gasteiger charge is -2.12. The first-order chi connectivity index (χ1) is 7.81. The molecule has 1 unspecified atom stereocenters. The third-order valence-electron chi connectivity index (χ3n) is 2.54. The van der Waals surface area contributed by atoms with Crippen LogP contribution < -0.4 is 11.1 Å². The topological polar surface area (TPSA) is 63.8 Å². The third-order valence-corrected chi connectivity index (χ3v) is 3.36. The van der Waals surface area contributed by atoms with E-state index in [-0.39, 0.29) is 0 Å². The minimum Gasteiger partial charge on any atom is -0.369 e. The summed E-state index contributed by atoms with van der Waals surface area (Å²) in [5, 5.41) is 6.50. The van der Waals surface area contributed by atoms with E-state index in [0.717, 1.165) is 35.5 Å². The highest BCUT2D eigenvalue weighted by atomic mass is 32.1. The summed E-state index contributed by atoms with van der Waals surface area (Å²) in [6.45, 7) is 3.82. The van der Waals surface area contributed by atoms with Crippen molar-refractivity contribution in [1.29, 1.82) is 0 Å². The summed E-state index contributed by atoms with van der Waals surface area (Å²) < 4.78 is 0. The van der Waals surface area contributed by atoms with Crippen LogP contribution in [-0.2, 0) is 0 Å². The monoisotopic (exact) mass is 236 g/mol. The van der Waals surface area contributed by atoms with Gasteiger partial charge in [0, 0.05) is 6.54 Å². The van der Waals surface area contributed by atoms with Crippen LogP contribution in [0.1, 0.15) is 13.3 Å². The Labute approximate surface area is 98.9 Å². The Morgan fingerprint density at radius 2 is 2.38 bits per heavy atom. The van der Waals surface area contributed by atoms with Gasteiger partial charge in [-0.1, -0.05) is 6.92 Å². The number of thiophene rings is 1. The Bertz CT molecular complexity index is 454. The predicted octanol–water partition coefficient (Wildman–Crippen LogP) is 2.09. The molecule has 2 aromatic heterocycles. The van der Waals surface area contributed by atoms with Crippen LogP contribution in [0.4, 0.5) is 5.82 Å². The van der Waals surface area contributed by atoms with Gasteiger partial charge in [0.1, 0.15) is 17.0 Å². The van der Waals surface area contributed by atoms with Crippen molar-refractivity contribution in [3.8, 4) is 0 Å². The highest BCUT2D eigenvalue weighted by molar-refractivity contribution is 7.16. The van der Waals surface area contributed by atoms with Gasteiger partial charge in [-0.05, 0) is 30.3 Å². The smallest absolute Gasteiger partial charge is 0.138 e. The number of rotatable bonds is 5. The normalized spacial score (nSPS) is 12.9. The van der Waals surface area contributed by atoms with Crippen molar-refractivity contribution in [2.75, 3.05) is 18.4 Å². The second-order valence-corrected chi connectivity index (χ2v) is 4.82. The second-order valence-electron chi connectivity index (χ2n) is 3.93. The largest absolute Gasteiger partial charge is 0.369 e. The molecule has 1 atom stereocenters. The van der Waals surface area contributed by atoms with Crippen LogP contribution in [0.3, 0.4) is 0 Å². The molecule has 0 saturated heterocycles. The Hall–Kier alpha value is -1.20. The van der Waals surface area contributed by atoms with E-state index < -0.39 is 0 Å². The van der Waals surface area contributed by atoms with Gasteiger partial charge in [-0.2, -0.15) is 0 Å². The van der Waals surface area contributed by atoms with Crippen molar-refractivity contribution >= 4 is 27.4 Å². The van der Waals surface area contributed by atoms with E-state index in [1.54, 1.807) is 17.7 Å². The van der Waals surface area contributed by atoms with Crippen molar-refractivity contribution in [3.63, 3.8) is 0 Å². The molecule has 0 radical (unpaired) electrons. The zero-order valence-electron chi connectivity index (χ0n) is 9.31. The molecule has 0 aliphatic rings. The van der Waals surface area contributed by atoms with E-state index in [9.17, 15) is 0 Å². The van der Waals surface area contributed by atoms with Crippen molar-refractivity contribution in [1.82, 2.24) is 9.97 Å². The van der Waals surface area contributed by atoms with E-state index >= 15 is 0 Å². The van der Waals surface area contributed by atoms with E-state index in [2.05, 4.69) is 28.3 Å². The number of nitrogens with zero attached hydrogens (tertiary/aromatic N) is 2. The lowest BCUT2D eigenvalue weighted by Crippen LogP contribution is -2.15. The minimum absolute atomic E-state index is 0.564. The summed E-state index contributed by atoms with van der Waals surface area (Å²) in [7, 11) is 0. The number of nitrogens with one attached hydrogen (secondary N) is 1. The van der Waals surface area contributed by atoms with Gasteiger partial charge in [0.05, 0.1) is 5.39 Å². The van der Waals surface area contributed by atoms with Crippen LogP contribution >= 0.6 is 11.3 Å². The number of hydrogen-bond acceptors (Lipinski definition) is 5. The Balaban J connectivity index is 2.06.